The number of nitrogens with one attached hydrogen (secondary N) is 1. The van der Waals surface area contributed by atoms with Gasteiger partial charge in [0.2, 0.25) is 0 Å². The zero-order valence-electron chi connectivity index (χ0n) is 8.27. The van der Waals surface area contributed by atoms with Crippen molar-refractivity contribution in [1.82, 2.24) is 10.2 Å². The normalized spacial score (nSPS) is 15.6. The van der Waals surface area contributed by atoms with Crippen LogP contribution in [0.5, 0.6) is 0 Å². The molecule has 78 valence electrons. The molecule has 3 nitrogen and oxygen atoms in total. The molecule has 0 spiro atoms. The Labute approximate surface area is 96.8 Å². The Bertz CT molecular complexity index is 361. The summed E-state index contributed by atoms with van der Waals surface area (Å²) in [5.41, 5.74) is 1.25. The fourth-order valence-electron chi connectivity index (χ4n) is 1.57. The zero-order chi connectivity index (χ0) is 10.7. The molecule has 0 radical (unpaired) electrons. The molecule has 1 aromatic rings. The maximum atomic E-state index is 11.4. The third kappa shape index (κ3) is 2.46. The number of benzene rings is 1. The quantitative estimate of drug-likeness (QED) is 0.777. The van der Waals surface area contributed by atoms with Crippen LogP contribution in [0.3, 0.4) is 0 Å². The number of carbonyl (C=O) groups is 1. The molecule has 1 heterocycles. The summed E-state index contributed by atoms with van der Waals surface area (Å²) in [4.78, 5) is 13.2. The zero-order valence-corrected chi connectivity index (χ0v) is 9.98. The molecular formula is C11H12N2OSe. The molecule has 1 amide bonds. The van der Waals surface area contributed by atoms with Crippen LogP contribution in [-0.2, 0) is 11.2 Å². The Hall–Kier alpha value is -1.12. The Balaban J connectivity index is 1.93. The van der Waals surface area contributed by atoms with Gasteiger partial charge in [0.05, 0.1) is 0 Å². The van der Waals surface area contributed by atoms with E-state index >= 15 is 0 Å². The van der Waals surface area contributed by atoms with Crippen molar-refractivity contribution in [3.8, 4) is 0 Å². The molecule has 4 heteroatoms. The van der Waals surface area contributed by atoms with Crippen LogP contribution in [0.4, 0.5) is 0 Å². The van der Waals surface area contributed by atoms with Crippen LogP contribution in [0.25, 0.3) is 0 Å². The second kappa shape index (κ2) is 4.60. The maximum absolute atomic E-state index is 11.4. The van der Waals surface area contributed by atoms with Gasteiger partial charge in [-0.1, -0.05) is 0 Å². The predicted molar refractivity (Wildman–Crippen MR) is 60.6 cm³/mol. The van der Waals surface area contributed by atoms with E-state index in [1.807, 2.05) is 18.2 Å². The van der Waals surface area contributed by atoms with Gasteiger partial charge in [0.25, 0.3) is 0 Å². The fourth-order valence-corrected chi connectivity index (χ4v) is 2.12. The van der Waals surface area contributed by atoms with Crippen molar-refractivity contribution in [2.24, 2.45) is 0 Å². The molecule has 1 aliphatic rings. The summed E-state index contributed by atoms with van der Waals surface area (Å²) in [7, 11) is 0. The van der Waals surface area contributed by atoms with Gasteiger partial charge < -0.3 is 0 Å². The first-order valence-corrected chi connectivity index (χ1v) is 5.75. The van der Waals surface area contributed by atoms with Gasteiger partial charge in [-0.15, -0.1) is 0 Å². The minimum absolute atomic E-state index is 0.139. The summed E-state index contributed by atoms with van der Waals surface area (Å²) in [6.45, 7) is 1.15. The molecule has 0 saturated carbocycles. The Morgan fingerprint density at radius 1 is 1.33 bits per heavy atom. The molecule has 1 saturated heterocycles. The van der Waals surface area contributed by atoms with Gasteiger partial charge in [-0.2, -0.15) is 0 Å². The first kappa shape index (κ1) is 10.4. The predicted octanol–water partition coefficient (Wildman–Crippen LogP) is -0.0832. The molecule has 0 aromatic heterocycles. The van der Waals surface area contributed by atoms with E-state index < -0.39 is 0 Å². The van der Waals surface area contributed by atoms with Crippen molar-refractivity contribution >= 4 is 26.1 Å². The molecule has 1 aliphatic heterocycles. The topological polar surface area (TPSA) is 32.3 Å². The number of carbonyl (C=O) groups excluding carboxylic acids is 1. The van der Waals surface area contributed by atoms with Gasteiger partial charge in [-0.25, -0.2) is 0 Å². The summed E-state index contributed by atoms with van der Waals surface area (Å²) in [6.07, 6.45) is 0.888. The Morgan fingerprint density at radius 2 is 2.07 bits per heavy atom. The van der Waals surface area contributed by atoms with Crippen molar-refractivity contribution in [3.05, 3.63) is 35.9 Å². The van der Waals surface area contributed by atoms with E-state index in [2.05, 4.69) is 33.0 Å². The minimum atomic E-state index is 0.139. The van der Waals surface area contributed by atoms with Crippen LogP contribution in [0.1, 0.15) is 5.56 Å². The second-order valence-corrected chi connectivity index (χ2v) is 4.25. The van der Waals surface area contributed by atoms with Crippen molar-refractivity contribution < 1.29 is 4.79 Å². The molecular weight excluding hydrogens is 255 g/mol. The van der Waals surface area contributed by atoms with E-state index in [9.17, 15) is 4.79 Å². The average molecular weight is 267 g/mol. The SMILES string of the molecule is O=C1CNC(=[Se])N1CCc1ccccc1. The molecule has 0 aliphatic carbocycles. The van der Waals surface area contributed by atoms with Crippen LogP contribution in [0, 0.1) is 0 Å². The van der Waals surface area contributed by atoms with Gasteiger partial charge in [-0.05, 0) is 0 Å². The summed E-state index contributed by atoms with van der Waals surface area (Å²) in [6, 6.07) is 10.2. The van der Waals surface area contributed by atoms with Crippen LogP contribution in [0.15, 0.2) is 30.3 Å². The summed E-state index contributed by atoms with van der Waals surface area (Å²) < 4.78 is 0.843. The Kier molecular flexibility index (Phi) is 3.19. The van der Waals surface area contributed by atoms with Crippen molar-refractivity contribution in [2.75, 3.05) is 13.1 Å². The van der Waals surface area contributed by atoms with Crippen molar-refractivity contribution in [3.63, 3.8) is 0 Å². The summed E-state index contributed by atoms with van der Waals surface area (Å²) in [5.74, 6) is 0.139. The summed E-state index contributed by atoms with van der Waals surface area (Å²) >= 11 is 2.87. The number of hydrogen-bond acceptors (Lipinski definition) is 2. The van der Waals surface area contributed by atoms with Crippen molar-refractivity contribution in [2.45, 2.75) is 6.42 Å². The first-order chi connectivity index (χ1) is 7.27. The van der Waals surface area contributed by atoms with Gasteiger partial charge in [0.1, 0.15) is 0 Å². The monoisotopic (exact) mass is 268 g/mol. The number of nitrogens with zero attached hydrogens (tertiary/aromatic N) is 1. The third-order valence-electron chi connectivity index (χ3n) is 2.40. The average Bonchev–Trinajstić information content (AvgIpc) is 2.58. The van der Waals surface area contributed by atoms with Gasteiger partial charge >= 0.3 is 96.6 Å². The molecule has 0 bridgehead atoms. The molecule has 15 heavy (non-hydrogen) atoms. The van der Waals surface area contributed by atoms with E-state index in [0.717, 1.165) is 17.6 Å². The van der Waals surface area contributed by atoms with Crippen LogP contribution in [0.2, 0.25) is 0 Å². The second-order valence-electron chi connectivity index (χ2n) is 3.44. The van der Waals surface area contributed by atoms with Gasteiger partial charge in [0, 0.05) is 0 Å². The standard InChI is InChI=1S/C11H12N2OSe/c14-10-8-12-11(15)13(10)7-6-9-4-2-1-3-5-9/h1-5H,6-8H2,(H,12,15). The van der Waals surface area contributed by atoms with Gasteiger partial charge in [-0.3, -0.25) is 0 Å². The molecule has 1 N–H and O–H groups in total. The van der Waals surface area contributed by atoms with E-state index in [0.29, 0.717) is 6.54 Å². The molecule has 1 aromatic carbocycles. The van der Waals surface area contributed by atoms with Gasteiger partial charge in [0.15, 0.2) is 0 Å². The van der Waals surface area contributed by atoms with E-state index in [-0.39, 0.29) is 5.91 Å². The number of hydrogen-bond donors (Lipinski definition) is 1. The number of amides is 1. The van der Waals surface area contributed by atoms with Crippen LogP contribution in [-0.4, -0.2) is 44.1 Å². The first-order valence-electron chi connectivity index (χ1n) is 4.89. The number of rotatable bonds is 3. The molecule has 0 unspecified atom stereocenters. The van der Waals surface area contributed by atoms with Crippen LogP contribution < -0.4 is 5.32 Å². The third-order valence-corrected chi connectivity index (χ3v) is 3.17. The molecule has 0 atom stereocenters. The summed E-state index contributed by atoms with van der Waals surface area (Å²) in [5, 5.41) is 2.99. The molecule has 1 fully saturated rings. The molecule has 2 rings (SSSR count). The van der Waals surface area contributed by atoms with Crippen molar-refractivity contribution in [1.29, 1.82) is 0 Å². The van der Waals surface area contributed by atoms with E-state index in [1.165, 1.54) is 5.56 Å². The van der Waals surface area contributed by atoms with E-state index in [4.69, 9.17) is 0 Å². The Morgan fingerprint density at radius 3 is 2.67 bits per heavy atom. The van der Waals surface area contributed by atoms with Crippen LogP contribution >= 0.6 is 0 Å². The fraction of sp³-hybridized carbons (Fsp3) is 0.273. The van der Waals surface area contributed by atoms with E-state index in [1.54, 1.807) is 4.90 Å².